The van der Waals surface area contributed by atoms with Gasteiger partial charge in [0.25, 0.3) is 0 Å². The van der Waals surface area contributed by atoms with Crippen LogP contribution >= 0.6 is 11.6 Å². The van der Waals surface area contributed by atoms with E-state index in [1.165, 1.54) is 0 Å². The maximum atomic E-state index is 5.93. The molecule has 1 rings (SSSR count). The van der Waals surface area contributed by atoms with Gasteiger partial charge in [0.1, 0.15) is 0 Å². The Kier molecular flexibility index (Phi) is 8.22. The van der Waals surface area contributed by atoms with Crippen LogP contribution in [0.5, 0.6) is 0 Å². The van der Waals surface area contributed by atoms with Crippen LogP contribution in [0.2, 0.25) is 5.28 Å². The molecular formula is C13H24ClN5O. The minimum Gasteiger partial charge on any atom is -0.380 e. The molecule has 20 heavy (non-hydrogen) atoms. The fourth-order valence-electron chi connectivity index (χ4n) is 1.65. The number of rotatable bonds is 10. The maximum absolute atomic E-state index is 5.93. The number of nitrogens with one attached hydrogen (secondary N) is 1. The average molecular weight is 302 g/mol. The molecule has 0 unspecified atom stereocenters. The van der Waals surface area contributed by atoms with E-state index in [0.29, 0.717) is 25.0 Å². The van der Waals surface area contributed by atoms with Crippen molar-refractivity contribution in [1.29, 1.82) is 0 Å². The molecule has 6 nitrogen and oxygen atoms in total. The van der Waals surface area contributed by atoms with Crippen molar-refractivity contribution in [3.8, 4) is 0 Å². The van der Waals surface area contributed by atoms with E-state index in [1.54, 1.807) is 0 Å². The van der Waals surface area contributed by atoms with Crippen molar-refractivity contribution in [2.75, 3.05) is 43.1 Å². The van der Waals surface area contributed by atoms with Gasteiger partial charge in [0.15, 0.2) is 0 Å². The quantitative estimate of drug-likeness (QED) is 0.670. The van der Waals surface area contributed by atoms with Gasteiger partial charge >= 0.3 is 0 Å². The van der Waals surface area contributed by atoms with Crippen molar-refractivity contribution in [3.63, 3.8) is 0 Å². The molecule has 0 aliphatic heterocycles. The van der Waals surface area contributed by atoms with Crippen LogP contribution in [-0.4, -0.2) is 47.8 Å². The predicted octanol–water partition coefficient (Wildman–Crippen LogP) is 2.60. The lowest BCUT2D eigenvalue weighted by Crippen LogP contribution is -2.25. The molecule has 0 aliphatic carbocycles. The molecular weight excluding hydrogens is 278 g/mol. The molecule has 0 bridgehead atoms. The lowest BCUT2D eigenvalue weighted by Gasteiger charge is -2.18. The van der Waals surface area contributed by atoms with E-state index in [0.717, 1.165) is 32.5 Å². The fourth-order valence-corrected chi connectivity index (χ4v) is 1.81. The van der Waals surface area contributed by atoms with E-state index in [1.807, 2.05) is 4.90 Å². The van der Waals surface area contributed by atoms with Gasteiger partial charge in [-0.3, -0.25) is 0 Å². The summed E-state index contributed by atoms with van der Waals surface area (Å²) in [5, 5.41) is 3.31. The topological polar surface area (TPSA) is 63.2 Å². The van der Waals surface area contributed by atoms with Crippen molar-refractivity contribution < 1.29 is 4.74 Å². The maximum Gasteiger partial charge on any atom is 0.231 e. The summed E-state index contributed by atoms with van der Waals surface area (Å²) in [6.07, 6.45) is 2.23. The first-order valence-electron chi connectivity index (χ1n) is 7.19. The normalized spacial score (nSPS) is 10.6. The molecule has 1 N–H and O–H groups in total. The molecule has 0 atom stereocenters. The van der Waals surface area contributed by atoms with Crippen LogP contribution in [0.4, 0.5) is 11.9 Å². The van der Waals surface area contributed by atoms with Crippen molar-refractivity contribution >= 4 is 23.5 Å². The third-order valence-corrected chi connectivity index (χ3v) is 2.98. The van der Waals surface area contributed by atoms with E-state index in [9.17, 15) is 0 Å². The second kappa shape index (κ2) is 9.72. The van der Waals surface area contributed by atoms with Crippen molar-refractivity contribution in [2.24, 2.45) is 0 Å². The second-order valence-electron chi connectivity index (χ2n) is 4.29. The molecule has 0 spiro atoms. The lowest BCUT2D eigenvalue weighted by molar-refractivity contribution is 0.141. The summed E-state index contributed by atoms with van der Waals surface area (Å²) in [6, 6.07) is 0. The smallest absolute Gasteiger partial charge is 0.231 e. The number of nitrogens with zero attached hydrogens (tertiary/aromatic N) is 4. The fraction of sp³-hybridized carbons (Fsp3) is 0.769. The van der Waals surface area contributed by atoms with Gasteiger partial charge in [0.05, 0.1) is 6.61 Å². The van der Waals surface area contributed by atoms with Crippen LogP contribution in [0.15, 0.2) is 0 Å². The Morgan fingerprint density at radius 2 is 1.85 bits per heavy atom. The summed E-state index contributed by atoms with van der Waals surface area (Å²) in [5.41, 5.74) is 0. The van der Waals surface area contributed by atoms with Gasteiger partial charge < -0.3 is 15.0 Å². The second-order valence-corrected chi connectivity index (χ2v) is 4.63. The number of ether oxygens (including phenoxy) is 1. The Morgan fingerprint density at radius 1 is 1.10 bits per heavy atom. The first kappa shape index (κ1) is 16.9. The van der Waals surface area contributed by atoms with E-state index in [4.69, 9.17) is 16.3 Å². The van der Waals surface area contributed by atoms with Gasteiger partial charge in [-0.15, -0.1) is 0 Å². The Morgan fingerprint density at radius 3 is 2.50 bits per heavy atom. The van der Waals surface area contributed by atoms with Gasteiger partial charge in [-0.1, -0.05) is 13.3 Å². The van der Waals surface area contributed by atoms with E-state index >= 15 is 0 Å². The van der Waals surface area contributed by atoms with Crippen molar-refractivity contribution in [3.05, 3.63) is 5.28 Å². The molecule has 0 radical (unpaired) electrons. The Labute approximate surface area is 125 Å². The van der Waals surface area contributed by atoms with Gasteiger partial charge in [0.2, 0.25) is 17.2 Å². The first-order valence-corrected chi connectivity index (χ1v) is 7.57. The van der Waals surface area contributed by atoms with Crippen LogP contribution in [-0.2, 0) is 4.74 Å². The van der Waals surface area contributed by atoms with Crippen LogP contribution in [0.3, 0.4) is 0 Å². The minimum absolute atomic E-state index is 0.205. The van der Waals surface area contributed by atoms with E-state index in [-0.39, 0.29) is 5.28 Å². The minimum atomic E-state index is 0.205. The number of anilines is 2. The largest absolute Gasteiger partial charge is 0.380 e. The zero-order valence-corrected chi connectivity index (χ0v) is 13.3. The van der Waals surface area contributed by atoms with Crippen LogP contribution < -0.4 is 10.2 Å². The highest BCUT2D eigenvalue weighted by Crippen LogP contribution is 2.13. The molecule has 0 aromatic carbocycles. The van der Waals surface area contributed by atoms with Crippen LogP contribution in [0.1, 0.15) is 33.6 Å². The van der Waals surface area contributed by atoms with Crippen LogP contribution in [0, 0.1) is 0 Å². The summed E-state index contributed by atoms with van der Waals surface area (Å²) >= 11 is 5.93. The summed E-state index contributed by atoms with van der Waals surface area (Å²) in [7, 11) is 0. The average Bonchev–Trinajstić information content (AvgIpc) is 2.43. The summed E-state index contributed by atoms with van der Waals surface area (Å²) < 4.78 is 5.47. The van der Waals surface area contributed by atoms with E-state index in [2.05, 4.69) is 41.0 Å². The molecule has 0 saturated heterocycles. The highest BCUT2D eigenvalue weighted by molar-refractivity contribution is 6.28. The standard InChI is InChI=1S/C13H24ClN5O/c1-4-7-9-20-10-8-15-12-16-11(14)17-13(18-12)19(5-2)6-3/h4-10H2,1-3H3,(H,15,16,17,18). The third kappa shape index (κ3) is 5.88. The Balaban J connectivity index is 2.49. The molecule has 0 fully saturated rings. The summed E-state index contributed by atoms with van der Waals surface area (Å²) in [4.78, 5) is 14.6. The number of aromatic nitrogens is 3. The van der Waals surface area contributed by atoms with Gasteiger partial charge in [-0.05, 0) is 31.9 Å². The Hall–Kier alpha value is -1.14. The van der Waals surface area contributed by atoms with Gasteiger partial charge in [0, 0.05) is 26.2 Å². The van der Waals surface area contributed by atoms with E-state index < -0.39 is 0 Å². The lowest BCUT2D eigenvalue weighted by atomic mass is 10.4. The van der Waals surface area contributed by atoms with Crippen LogP contribution in [0.25, 0.3) is 0 Å². The first-order chi connectivity index (χ1) is 9.71. The van der Waals surface area contributed by atoms with Gasteiger partial charge in [-0.25, -0.2) is 0 Å². The molecule has 0 saturated carbocycles. The zero-order chi connectivity index (χ0) is 14.8. The number of hydrogen-bond acceptors (Lipinski definition) is 6. The molecule has 1 heterocycles. The van der Waals surface area contributed by atoms with Crippen molar-refractivity contribution in [1.82, 2.24) is 15.0 Å². The summed E-state index contributed by atoms with van der Waals surface area (Å²) in [6.45, 7) is 9.98. The summed E-state index contributed by atoms with van der Waals surface area (Å²) in [5.74, 6) is 1.09. The molecule has 1 aromatic rings. The van der Waals surface area contributed by atoms with Gasteiger partial charge in [-0.2, -0.15) is 15.0 Å². The highest BCUT2D eigenvalue weighted by Gasteiger charge is 2.09. The third-order valence-electron chi connectivity index (χ3n) is 2.81. The molecule has 1 aromatic heterocycles. The number of halogens is 1. The highest BCUT2D eigenvalue weighted by atomic mass is 35.5. The zero-order valence-electron chi connectivity index (χ0n) is 12.5. The monoisotopic (exact) mass is 301 g/mol. The Bertz CT molecular complexity index is 387. The molecule has 7 heteroatoms. The molecule has 0 amide bonds. The molecule has 114 valence electrons. The predicted molar refractivity (Wildman–Crippen MR) is 82.6 cm³/mol. The molecule has 0 aliphatic rings. The number of hydrogen-bond donors (Lipinski definition) is 1. The van der Waals surface area contributed by atoms with Crippen molar-refractivity contribution in [2.45, 2.75) is 33.6 Å². The SMILES string of the molecule is CCCCOCCNc1nc(Cl)nc(N(CC)CC)n1. The number of unbranched alkanes of at least 4 members (excludes halogenated alkanes) is 1.